The minimum absolute atomic E-state index is 0.218. The third-order valence-corrected chi connectivity index (χ3v) is 5.82. The lowest BCUT2D eigenvalue weighted by molar-refractivity contribution is -0.940. The fraction of sp³-hybridized carbons (Fsp3) is 0.682. The topological polar surface area (TPSA) is 40.0 Å². The lowest BCUT2D eigenvalue weighted by Gasteiger charge is -2.41. The van der Waals surface area contributed by atoms with Crippen LogP contribution in [0.1, 0.15) is 62.7 Å². The Morgan fingerprint density at radius 3 is 2.65 bits per heavy atom. The number of piperidine rings is 2. The summed E-state index contributed by atoms with van der Waals surface area (Å²) < 4.78 is 11.2. The molecule has 2 fully saturated rings. The maximum Gasteiger partial charge on any atom is 0.338 e. The zero-order chi connectivity index (χ0) is 18.4. The first-order valence-electron chi connectivity index (χ1n) is 10.4. The van der Waals surface area contributed by atoms with E-state index < -0.39 is 0 Å². The Morgan fingerprint density at radius 1 is 1.12 bits per heavy atom. The Kier molecular flexibility index (Phi) is 6.95. The molecule has 1 aromatic carbocycles. The van der Waals surface area contributed by atoms with Gasteiger partial charge < -0.3 is 14.4 Å². The predicted molar refractivity (Wildman–Crippen MR) is 103 cm³/mol. The van der Waals surface area contributed by atoms with E-state index in [2.05, 4.69) is 13.8 Å². The van der Waals surface area contributed by atoms with Gasteiger partial charge in [-0.3, -0.25) is 0 Å². The Balaban J connectivity index is 1.43. The van der Waals surface area contributed by atoms with E-state index in [0.29, 0.717) is 24.7 Å². The molecule has 2 heterocycles. The first kappa shape index (κ1) is 19.2. The number of hydrogen-bond donors (Lipinski definition) is 1. The van der Waals surface area contributed by atoms with Crippen molar-refractivity contribution in [2.45, 2.75) is 58.4 Å². The number of quaternary nitrogens is 1. The number of carbonyl (C=O) groups excluding carboxylic acids is 1. The van der Waals surface area contributed by atoms with Crippen LogP contribution in [0.5, 0.6) is 5.75 Å². The summed E-state index contributed by atoms with van der Waals surface area (Å²) in [6.07, 6.45) is 7.73. The molecule has 1 N–H and O–H groups in total. The molecule has 0 amide bonds. The molecule has 3 rings (SSSR count). The van der Waals surface area contributed by atoms with Crippen LogP contribution in [0, 0.1) is 11.8 Å². The minimum Gasteiger partial charge on any atom is -0.493 e. The van der Waals surface area contributed by atoms with Crippen LogP contribution >= 0.6 is 0 Å². The van der Waals surface area contributed by atoms with Crippen molar-refractivity contribution in [1.82, 2.24) is 0 Å². The lowest BCUT2D eigenvalue weighted by atomic mass is 9.82. The maximum atomic E-state index is 12.3. The first-order chi connectivity index (χ1) is 12.6. The highest BCUT2D eigenvalue weighted by Gasteiger charge is 2.36. The molecule has 2 saturated heterocycles. The summed E-state index contributed by atoms with van der Waals surface area (Å²) in [5, 5.41) is 0. The van der Waals surface area contributed by atoms with E-state index in [1.807, 2.05) is 12.1 Å². The summed E-state index contributed by atoms with van der Waals surface area (Å²) in [6.45, 7) is 8.14. The molecule has 0 saturated carbocycles. The summed E-state index contributed by atoms with van der Waals surface area (Å²) in [6, 6.07) is 8.10. The van der Waals surface area contributed by atoms with Crippen LogP contribution in [0.3, 0.4) is 0 Å². The van der Waals surface area contributed by atoms with Gasteiger partial charge in [-0.2, -0.15) is 0 Å². The number of fused-ring (bicyclic) bond motifs is 1. The van der Waals surface area contributed by atoms with Crippen molar-refractivity contribution in [2.24, 2.45) is 11.8 Å². The van der Waals surface area contributed by atoms with Crippen molar-refractivity contribution < 1.29 is 19.2 Å². The molecular formula is C22H34NO3+. The van der Waals surface area contributed by atoms with Crippen LogP contribution in [0.2, 0.25) is 0 Å². The number of esters is 1. The maximum absolute atomic E-state index is 12.3. The summed E-state index contributed by atoms with van der Waals surface area (Å²) >= 11 is 0. The zero-order valence-electron chi connectivity index (χ0n) is 16.3. The van der Waals surface area contributed by atoms with Gasteiger partial charge in [0, 0.05) is 5.92 Å². The van der Waals surface area contributed by atoms with Gasteiger partial charge in [-0.05, 0) is 68.7 Å². The van der Waals surface area contributed by atoms with Crippen molar-refractivity contribution >= 4 is 5.97 Å². The molecule has 4 nitrogen and oxygen atoms in total. The number of rotatable bonds is 7. The Hall–Kier alpha value is -1.55. The van der Waals surface area contributed by atoms with Gasteiger partial charge in [0.25, 0.3) is 0 Å². The summed E-state index contributed by atoms with van der Waals surface area (Å²) in [7, 11) is 0. The van der Waals surface area contributed by atoms with Crippen LogP contribution in [0.4, 0.5) is 0 Å². The van der Waals surface area contributed by atoms with Gasteiger partial charge in [0.1, 0.15) is 5.75 Å². The smallest absolute Gasteiger partial charge is 0.338 e. The standard InChI is InChI=1S/C22H33NO3/c1-17(2)16-26-20-10-8-19(9-11-20)22(24)25-15-12-18-6-5-14-23-13-4-3-7-21(18)23/h8-11,17-18,21H,3-7,12-16H2,1-2H3/p+1/t18-,21-/m1/s1. The van der Waals surface area contributed by atoms with Gasteiger partial charge >= 0.3 is 5.97 Å². The number of benzene rings is 1. The largest absolute Gasteiger partial charge is 0.493 e. The molecule has 144 valence electrons. The van der Waals surface area contributed by atoms with Crippen LogP contribution in [-0.2, 0) is 4.74 Å². The van der Waals surface area contributed by atoms with Crippen molar-refractivity contribution in [3.8, 4) is 5.75 Å². The average Bonchev–Trinajstić information content (AvgIpc) is 2.67. The Morgan fingerprint density at radius 2 is 1.88 bits per heavy atom. The van der Waals surface area contributed by atoms with Crippen molar-refractivity contribution in [1.29, 1.82) is 0 Å². The van der Waals surface area contributed by atoms with Crippen LogP contribution < -0.4 is 9.64 Å². The van der Waals surface area contributed by atoms with Crippen molar-refractivity contribution in [3.63, 3.8) is 0 Å². The summed E-state index contributed by atoms with van der Waals surface area (Å²) in [5.74, 6) is 1.79. The summed E-state index contributed by atoms with van der Waals surface area (Å²) in [5.41, 5.74) is 0.607. The Labute approximate surface area is 157 Å². The average molecular weight is 361 g/mol. The van der Waals surface area contributed by atoms with E-state index in [-0.39, 0.29) is 5.97 Å². The lowest BCUT2D eigenvalue weighted by Crippen LogP contribution is -3.18. The zero-order valence-corrected chi connectivity index (χ0v) is 16.3. The van der Waals surface area contributed by atoms with Gasteiger partial charge in [-0.25, -0.2) is 4.79 Å². The second kappa shape index (κ2) is 9.40. The number of hydrogen-bond acceptors (Lipinski definition) is 3. The van der Waals surface area contributed by atoms with Gasteiger partial charge in [0.2, 0.25) is 0 Å². The fourth-order valence-corrected chi connectivity index (χ4v) is 4.46. The molecular weight excluding hydrogens is 326 g/mol. The van der Waals surface area contributed by atoms with E-state index >= 15 is 0 Å². The highest BCUT2D eigenvalue weighted by Crippen LogP contribution is 2.23. The first-order valence-corrected chi connectivity index (χ1v) is 10.4. The van der Waals surface area contributed by atoms with Crippen LogP contribution in [0.15, 0.2) is 24.3 Å². The fourth-order valence-electron chi connectivity index (χ4n) is 4.46. The van der Waals surface area contributed by atoms with E-state index in [4.69, 9.17) is 9.47 Å². The molecule has 1 aromatic rings. The normalized spacial score (nSPS) is 25.6. The monoisotopic (exact) mass is 360 g/mol. The molecule has 26 heavy (non-hydrogen) atoms. The van der Waals surface area contributed by atoms with E-state index in [1.165, 1.54) is 45.2 Å². The van der Waals surface area contributed by atoms with E-state index in [0.717, 1.165) is 24.1 Å². The quantitative estimate of drug-likeness (QED) is 0.760. The molecule has 0 aliphatic carbocycles. The molecule has 2 aliphatic heterocycles. The third-order valence-electron chi connectivity index (χ3n) is 5.82. The third kappa shape index (κ3) is 5.23. The Bertz CT molecular complexity index is 567. The van der Waals surface area contributed by atoms with E-state index in [9.17, 15) is 4.79 Å². The molecule has 1 unspecified atom stereocenters. The molecule has 0 spiro atoms. The molecule has 2 aliphatic rings. The van der Waals surface area contributed by atoms with E-state index in [1.54, 1.807) is 17.0 Å². The van der Waals surface area contributed by atoms with Crippen molar-refractivity contribution in [3.05, 3.63) is 29.8 Å². The summed E-state index contributed by atoms with van der Waals surface area (Å²) in [4.78, 5) is 14.1. The minimum atomic E-state index is -0.218. The predicted octanol–water partition coefficient (Wildman–Crippen LogP) is 3.12. The molecule has 0 radical (unpaired) electrons. The number of nitrogens with one attached hydrogen (secondary N) is 1. The SMILES string of the molecule is CC(C)COc1ccc(C(=O)OCC[C@H]2CCC[NH+]3CCCC[C@H]23)cc1. The van der Waals surface area contributed by atoms with Gasteiger partial charge in [0.15, 0.2) is 0 Å². The van der Waals surface area contributed by atoms with Crippen molar-refractivity contribution in [2.75, 3.05) is 26.3 Å². The molecule has 0 bridgehead atoms. The number of carbonyl (C=O) groups is 1. The second-order valence-electron chi connectivity index (χ2n) is 8.32. The second-order valence-corrected chi connectivity index (χ2v) is 8.32. The molecule has 3 atom stereocenters. The highest BCUT2D eigenvalue weighted by molar-refractivity contribution is 5.89. The molecule has 4 heteroatoms. The number of ether oxygens (including phenoxy) is 2. The van der Waals surface area contributed by atoms with Gasteiger partial charge in [0.05, 0.1) is 37.9 Å². The van der Waals surface area contributed by atoms with Gasteiger partial charge in [-0.1, -0.05) is 13.8 Å². The highest BCUT2D eigenvalue weighted by atomic mass is 16.5. The molecule has 0 aromatic heterocycles. The van der Waals surface area contributed by atoms with Crippen LogP contribution in [-0.4, -0.2) is 38.3 Å². The van der Waals surface area contributed by atoms with Gasteiger partial charge in [-0.15, -0.1) is 0 Å². The van der Waals surface area contributed by atoms with Crippen LogP contribution in [0.25, 0.3) is 0 Å².